The largest absolute Gasteiger partial charge is 0.507 e. The minimum absolute atomic E-state index is 0.323. The molecular formula is C16H20N2O. The van der Waals surface area contributed by atoms with Crippen LogP contribution in [0.15, 0.2) is 41.4 Å². The summed E-state index contributed by atoms with van der Waals surface area (Å²) in [5.41, 5.74) is 1.70. The lowest BCUT2D eigenvalue weighted by molar-refractivity contribution is 0.420. The number of hydrogen-bond acceptors (Lipinski definition) is 3. The number of fused-ring (bicyclic) bond motifs is 1. The van der Waals surface area contributed by atoms with Crippen molar-refractivity contribution < 1.29 is 5.11 Å². The van der Waals surface area contributed by atoms with Crippen LogP contribution in [0.4, 0.5) is 0 Å². The molecule has 1 N–H and O–H groups in total. The average molecular weight is 256 g/mol. The van der Waals surface area contributed by atoms with Gasteiger partial charge in [-0.05, 0) is 32.5 Å². The summed E-state index contributed by atoms with van der Waals surface area (Å²) >= 11 is 0. The van der Waals surface area contributed by atoms with Crippen LogP contribution in [0.2, 0.25) is 0 Å². The Labute approximate surface area is 114 Å². The zero-order chi connectivity index (χ0) is 13.8. The Morgan fingerprint density at radius 1 is 1.16 bits per heavy atom. The number of benzene rings is 2. The topological polar surface area (TPSA) is 35.8 Å². The van der Waals surface area contributed by atoms with E-state index in [-0.39, 0.29) is 0 Å². The maximum atomic E-state index is 10.3. The molecule has 0 atom stereocenters. The number of rotatable bonds is 4. The number of nitrogens with zero attached hydrogens (tertiary/aromatic N) is 2. The molecule has 0 amide bonds. The van der Waals surface area contributed by atoms with Gasteiger partial charge in [-0.3, -0.25) is 4.99 Å². The number of hydrogen-bond donors (Lipinski definition) is 1. The first kappa shape index (κ1) is 13.6. The first-order valence-electron chi connectivity index (χ1n) is 6.46. The van der Waals surface area contributed by atoms with E-state index in [2.05, 4.69) is 9.89 Å². The Kier molecular flexibility index (Phi) is 4.17. The van der Waals surface area contributed by atoms with Gasteiger partial charge in [0.15, 0.2) is 0 Å². The van der Waals surface area contributed by atoms with Crippen molar-refractivity contribution in [3.63, 3.8) is 0 Å². The molecule has 2 aromatic carbocycles. The molecule has 0 fully saturated rings. The molecule has 3 heteroatoms. The van der Waals surface area contributed by atoms with Gasteiger partial charge >= 0.3 is 0 Å². The van der Waals surface area contributed by atoms with E-state index in [9.17, 15) is 5.11 Å². The second kappa shape index (κ2) is 5.85. The maximum Gasteiger partial charge on any atom is 0.132 e. The minimum atomic E-state index is 0.323. The lowest BCUT2D eigenvalue weighted by atomic mass is 10.0. The maximum absolute atomic E-state index is 10.3. The number of aromatic hydroxyl groups is 1. The highest BCUT2D eigenvalue weighted by molar-refractivity contribution is 6.06. The third kappa shape index (κ3) is 3.12. The van der Waals surface area contributed by atoms with E-state index in [1.54, 1.807) is 0 Å². The van der Waals surface area contributed by atoms with E-state index in [0.717, 1.165) is 35.1 Å². The second-order valence-corrected chi connectivity index (χ2v) is 4.95. The van der Waals surface area contributed by atoms with Crippen LogP contribution in [0.25, 0.3) is 10.8 Å². The molecule has 0 aromatic heterocycles. The number of phenolic OH excluding ortho intramolecular Hbond substituents is 1. The van der Waals surface area contributed by atoms with E-state index >= 15 is 0 Å². The van der Waals surface area contributed by atoms with Gasteiger partial charge in [-0.15, -0.1) is 0 Å². The van der Waals surface area contributed by atoms with Gasteiger partial charge in [-0.1, -0.05) is 30.3 Å². The smallest absolute Gasteiger partial charge is 0.132 e. The molecule has 0 aliphatic carbocycles. The van der Waals surface area contributed by atoms with E-state index < -0.39 is 0 Å². The zero-order valence-electron chi connectivity index (χ0n) is 11.7. The summed E-state index contributed by atoms with van der Waals surface area (Å²) in [6, 6.07) is 11.8. The molecule has 0 heterocycles. The molecule has 0 spiro atoms. The van der Waals surface area contributed by atoms with Crippen LogP contribution in [-0.4, -0.2) is 42.9 Å². The fraction of sp³-hybridized carbons (Fsp3) is 0.312. The van der Waals surface area contributed by atoms with Gasteiger partial charge in [-0.25, -0.2) is 0 Å². The van der Waals surface area contributed by atoms with Crippen LogP contribution in [0.1, 0.15) is 12.5 Å². The molecule has 0 saturated carbocycles. The van der Waals surface area contributed by atoms with Crippen molar-refractivity contribution in [1.29, 1.82) is 0 Å². The Bertz CT molecular complexity index is 603. The summed E-state index contributed by atoms with van der Waals surface area (Å²) < 4.78 is 0. The van der Waals surface area contributed by atoms with Crippen molar-refractivity contribution in [1.82, 2.24) is 4.90 Å². The molecule has 0 unspecified atom stereocenters. The van der Waals surface area contributed by atoms with Gasteiger partial charge in [0.1, 0.15) is 5.75 Å². The van der Waals surface area contributed by atoms with Crippen molar-refractivity contribution in [3.8, 4) is 5.75 Å². The fourth-order valence-corrected chi connectivity index (χ4v) is 2.05. The van der Waals surface area contributed by atoms with Gasteiger partial charge in [-0.2, -0.15) is 0 Å². The molecule has 19 heavy (non-hydrogen) atoms. The van der Waals surface area contributed by atoms with Gasteiger partial charge in [0.2, 0.25) is 0 Å². The van der Waals surface area contributed by atoms with Crippen LogP contribution in [0.5, 0.6) is 5.75 Å². The Hall–Kier alpha value is -1.87. The van der Waals surface area contributed by atoms with Crippen LogP contribution in [0.3, 0.4) is 0 Å². The molecule has 2 rings (SSSR count). The lowest BCUT2D eigenvalue weighted by Gasteiger charge is -2.09. The van der Waals surface area contributed by atoms with E-state index in [4.69, 9.17) is 0 Å². The summed E-state index contributed by atoms with van der Waals surface area (Å²) in [6.07, 6.45) is 0. The molecule has 0 saturated heterocycles. The van der Waals surface area contributed by atoms with Crippen LogP contribution in [-0.2, 0) is 0 Å². The zero-order valence-corrected chi connectivity index (χ0v) is 11.7. The third-order valence-corrected chi connectivity index (χ3v) is 3.19. The first-order valence-corrected chi connectivity index (χ1v) is 6.46. The molecular weight excluding hydrogens is 236 g/mol. The molecule has 0 radical (unpaired) electrons. The number of phenols is 1. The summed E-state index contributed by atoms with van der Waals surface area (Å²) in [4.78, 5) is 6.61. The SMILES string of the molecule is CC(=NCCN(C)C)c1ccc2ccccc2c1O. The Balaban J connectivity index is 2.32. The minimum Gasteiger partial charge on any atom is -0.507 e. The van der Waals surface area contributed by atoms with Crippen molar-refractivity contribution in [2.24, 2.45) is 4.99 Å². The van der Waals surface area contributed by atoms with E-state index in [1.165, 1.54) is 0 Å². The first-order chi connectivity index (χ1) is 9.09. The van der Waals surface area contributed by atoms with Crippen molar-refractivity contribution in [3.05, 3.63) is 42.0 Å². The van der Waals surface area contributed by atoms with Crippen LogP contribution in [0, 0.1) is 0 Å². The predicted molar refractivity (Wildman–Crippen MR) is 81.2 cm³/mol. The fourth-order valence-electron chi connectivity index (χ4n) is 2.05. The summed E-state index contributed by atoms with van der Waals surface area (Å²) in [7, 11) is 4.05. The van der Waals surface area contributed by atoms with Gasteiger partial charge < -0.3 is 10.0 Å². The highest BCUT2D eigenvalue weighted by Gasteiger charge is 2.08. The molecule has 2 aromatic rings. The second-order valence-electron chi connectivity index (χ2n) is 4.95. The van der Waals surface area contributed by atoms with E-state index in [1.807, 2.05) is 57.4 Å². The monoisotopic (exact) mass is 256 g/mol. The predicted octanol–water partition coefficient (Wildman–Crippen LogP) is 2.92. The molecule has 0 bridgehead atoms. The Morgan fingerprint density at radius 2 is 1.89 bits per heavy atom. The van der Waals surface area contributed by atoms with Crippen LogP contribution < -0.4 is 0 Å². The van der Waals surface area contributed by atoms with Crippen molar-refractivity contribution in [2.45, 2.75) is 6.92 Å². The molecule has 0 aliphatic rings. The molecule has 0 aliphatic heterocycles. The van der Waals surface area contributed by atoms with Gasteiger partial charge in [0, 0.05) is 23.2 Å². The number of aliphatic imine (C=N–C) groups is 1. The third-order valence-electron chi connectivity index (χ3n) is 3.19. The van der Waals surface area contributed by atoms with Crippen molar-refractivity contribution in [2.75, 3.05) is 27.2 Å². The highest BCUT2D eigenvalue weighted by Crippen LogP contribution is 2.28. The summed E-state index contributed by atoms with van der Waals surface area (Å²) in [5, 5.41) is 12.3. The molecule has 100 valence electrons. The highest BCUT2D eigenvalue weighted by atomic mass is 16.3. The molecule has 3 nitrogen and oxygen atoms in total. The Morgan fingerprint density at radius 3 is 2.63 bits per heavy atom. The average Bonchev–Trinajstić information content (AvgIpc) is 2.39. The van der Waals surface area contributed by atoms with Gasteiger partial charge in [0.05, 0.1) is 6.54 Å². The quantitative estimate of drug-likeness (QED) is 0.854. The standard InChI is InChI=1S/C16H20N2O/c1-12(17-10-11-18(2)3)14-9-8-13-6-4-5-7-15(13)16(14)19/h4-9,19H,10-11H2,1-3H3. The van der Waals surface area contributed by atoms with Crippen LogP contribution >= 0.6 is 0 Å². The van der Waals surface area contributed by atoms with Gasteiger partial charge in [0.25, 0.3) is 0 Å². The van der Waals surface area contributed by atoms with Crippen molar-refractivity contribution >= 4 is 16.5 Å². The van der Waals surface area contributed by atoms with E-state index in [0.29, 0.717) is 5.75 Å². The normalized spacial score (nSPS) is 12.3. The lowest BCUT2D eigenvalue weighted by Crippen LogP contribution is -2.16. The summed E-state index contributed by atoms with van der Waals surface area (Å²) in [6.45, 7) is 3.59. The summed E-state index contributed by atoms with van der Waals surface area (Å²) in [5.74, 6) is 0.323. The number of likely N-dealkylation sites (N-methyl/N-ethyl adjacent to an activating group) is 1.